The number of hydrogen-bond donors (Lipinski definition) is 1. The first-order valence-electron chi connectivity index (χ1n) is 3.47. The number of hydrogen-bond acceptors (Lipinski definition) is 3. The van der Waals surface area contributed by atoms with Gasteiger partial charge in [-0.05, 0) is 6.42 Å². The zero-order valence-electron chi connectivity index (χ0n) is 5.79. The summed E-state index contributed by atoms with van der Waals surface area (Å²) in [5.41, 5.74) is 0. The van der Waals surface area contributed by atoms with Crippen molar-refractivity contribution < 1.29 is 9.84 Å². The van der Waals surface area contributed by atoms with Gasteiger partial charge in [0.15, 0.2) is 0 Å². The normalized spacial score (nSPS) is 33.2. The highest BCUT2D eigenvalue weighted by atomic mass is 16.5. The predicted molar refractivity (Wildman–Crippen MR) is 35.2 cm³/mol. The minimum atomic E-state index is -0.423. The Morgan fingerprint density at radius 2 is 2.50 bits per heavy atom. The maximum absolute atomic E-state index is 9.22. The zero-order chi connectivity index (χ0) is 7.40. The van der Waals surface area contributed by atoms with Crippen LogP contribution >= 0.6 is 0 Å². The Kier molecular flexibility index (Phi) is 2.67. The van der Waals surface area contributed by atoms with Crippen LogP contribution in [0.1, 0.15) is 12.8 Å². The van der Waals surface area contributed by atoms with Crippen LogP contribution in [0.4, 0.5) is 0 Å². The molecule has 0 bridgehead atoms. The van der Waals surface area contributed by atoms with Crippen LogP contribution in [0.15, 0.2) is 0 Å². The Labute approximate surface area is 60.2 Å². The van der Waals surface area contributed by atoms with Gasteiger partial charge in [-0.15, -0.1) is 0 Å². The summed E-state index contributed by atoms with van der Waals surface area (Å²) in [6, 6.07) is 2.05. The van der Waals surface area contributed by atoms with Gasteiger partial charge in [0.05, 0.1) is 18.8 Å². The summed E-state index contributed by atoms with van der Waals surface area (Å²) >= 11 is 0. The second kappa shape index (κ2) is 3.55. The highest BCUT2D eigenvalue weighted by Crippen LogP contribution is 2.17. The third-order valence-corrected chi connectivity index (χ3v) is 1.82. The van der Waals surface area contributed by atoms with Crippen molar-refractivity contribution in [2.45, 2.75) is 18.9 Å². The first-order valence-corrected chi connectivity index (χ1v) is 3.47. The molecule has 1 aliphatic heterocycles. The van der Waals surface area contributed by atoms with Crippen molar-refractivity contribution >= 4 is 0 Å². The van der Waals surface area contributed by atoms with E-state index in [9.17, 15) is 5.11 Å². The first-order chi connectivity index (χ1) is 4.84. The molecule has 0 unspecified atom stereocenters. The molecule has 1 heterocycles. The summed E-state index contributed by atoms with van der Waals surface area (Å²) in [4.78, 5) is 0. The lowest BCUT2D eigenvalue weighted by Gasteiger charge is -2.25. The quantitative estimate of drug-likeness (QED) is 0.571. The molecule has 0 radical (unpaired) electrons. The first kappa shape index (κ1) is 7.52. The maximum atomic E-state index is 9.22. The molecule has 3 nitrogen and oxygen atoms in total. The SMILES string of the molecule is N#CC[C@H]1CCOC[C@@H]1O. The number of ether oxygens (including phenoxy) is 1. The Balaban J connectivity index is 2.34. The van der Waals surface area contributed by atoms with Gasteiger partial charge in [-0.25, -0.2) is 0 Å². The highest BCUT2D eigenvalue weighted by Gasteiger charge is 2.22. The number of nitriles is 1. The third kappa shape index (κ3) is 1.69. The van der Waals surface area contributed by atoms with E-state index in [0.717, 1.165) is 6.42 Å². The van der Waals surface area contributed by atoms with Gasteiger partial charge in [-0.3, -0.25) is 0 Å². The third-order valence-electron chi connectivity index (χ3n) is 1.82. The molecular weight excluding hydrogens is 130 g/mol. The van der Waals surface area contributed by atoms with E-state index < -0.39 is 6.10 Å². The van der Waals surface area contributed by atoms with Crippen LogP contribution in [0.2, 0.25) is 0 Å². The Bertz CT molecular complexity index is 141. The minimum Gasteiger partial charge on any atom is -0.390 e. The molecule has 3 heteroatoms. The summed E-state index contributed by atoms with van der Waals surface area (Å²) in [5.74, 6) is 0.138. The lowest BCUT2D eigenvalue weighted by molar-refractivity contribution is -0.0422. The summed E-state index contributed by atoms with van der Waals surface area (Å²) in [7, 11) is 0. The Hall–Kier alpha value is -0.590. The van der Waals surface area contributed by atoms with Crippen molar-refractivity contribution in [1.29, 1.82) is 5.26 Å². The van der Waals surface area contributed by atoms with Crippen LogP contribution in [0.25, 0.3) is 0 Å². The fourth-order valence-corrected chi connectivity index (χ4v) is 1.12. The molecule has 0 aliphatic carbocycles. The Morgan fingerprint density at radius 3 is 3.10 bits per heavy atom. The van der Waals surface area contributed by atoms with Gasteiger partial charge in [-0.1, -0.05) is 0 Å². The second-order valence-corrected chi connectivity index (χ2v) is 2.55. The molecule has 2 atom stereocenters. The molecule has 1 saturated heterocycles. The molecule has 0 aromatic heterocycles. The van der Waals surface area contributed by atoms with Crippen LogP contribution in [0.5, 0.6) is 0 Å². The standard InChI is InChI=1S/C7H11NO2/c8-3-1-6-2-4-10-5-7(6)9/h6-7,9H,1-2,4-5H2/t6-,7-/m0/s1. The summed E-state index contributed by atoms with van der Waals surface area (Å²) < 4.78 is 5.00. The zero-order valence-corrected chi connectivity index (χ0v) is 5.79. The van der Waals surface area contributed by atoms with E-state index in [0.29, 0.717) is 19.6 Å². The molecule has 0 spiro atoms. The van der Waals surface area contributed by atoms with Crippen LogP contribution in [-0.2, 0) is 4.74 Å². The summed E-state index contributed by atoms with van der Waals surface area (Å²) in [6.07, 6.45) is 0.840. The molecule has 1 fully saturated rings. The molecule has 56 valence electrons. The molecule has 0 aromatic rings. The van der Waals surface area contributed by atoms with E-state index in [-0.39, 0.29) is 5.92 Å². The highest BCUT2D eigenvalue weighted by molar-refractivity contribution is 4.82. The molecule has 1 aliphatic rings. The topological polar surface area (TPSA) is 53.2 Å². The number of rotatable bonds is 1. The number of aliphatic hydroxyl groups is 1. The molecule has 0 saturated carbocycles. The predicted octanol–water partition coefficient (Wildman–Crippen LogP) is 0.297. The lowest BCUT2D eigenvalue weighted by Crippen LogP contribution is -2.31. The number of aliphatic hydroxyl groups excluding tert-OH is 1. The van der Waals surface area contributed by atoms with Gasteiger partial charge in [0.25, 0.3) is 0 Å². The van der Waals surface area contributed by atoms with Gasteiger partial charge >= 0.3 is 0 Å². The smallest absolute Gasteiger partial charge is 0.0812 e. The van der Waals surface area contributed by atoms with Crippen molar-refractivity contribution in [3.05, 3.63) is 0 Å². The van der Waals surface area contributed by atoms with Gasteiger partial charge in [-0.2, -0.15) is 5.26 Å². The van der Waals surface area contributed by atoms with Crippen LogP contribution in [0, 0.1) is 17.2 Å². The molecule has 0 amide bonds. The fraction of sp³-hybridized carbons (Fsp3) is 0.857. The van der Waals surface area contributed by atoms with Gasteiger partial charge in [0.1, 0.15) is 0 Å². The molecule has 10 heavy (non-hydrogen) atoms. The minimum absolute atomic E-state index is 0.138. The van der Waals surface area contributed by atoms with E-state index >= 15 is 0 Å². The van der Waals surface area contributed by atoms with Crippen molar-refractivity contribution in [2.24, 2.45) is 5.92 Å². The lowest BCUT2D eigenvalue weighted by atomic mass is 9.95. The average Bonchev–Trinajstić information content (AvgIpc) is 1.94. The van der Waals surface area contributed by atoms with E-state index in [4.69, 9.17) is 10.00 Å². The monoisotopic (exact) mass is 141 g/mol. The van der Waals surface area contributed by atoms with Crippen LogP contribution in [-0.4, -0.2) is 24.4 Å². The van der Waals surface area contributed by atoms with E-state index in [2.05, 4.69) is 6.07 Å². The number of nitrogens with zero attached hydrogens (tertiary/aromatic N) is 1. The molecule has 0 aromatic carbocycles. The fourth-order valence-electron chi connectivity index (χ4n) is 1.12. The second-order valence-electron chi connectivity index (χ2n) is 2.55. The average molecular weight is 141 g/mol. The van der Waals surface area contributed by atoms with Gasteiger partial charge in [0, 0.05) is 18.9 Å². The van der Waals surface area contributed by atoms with E-state index in [1.165, 1.54) is 0 Å². The largest absolute Gasteiger partial charge is 0.390 e. The van der Waals surface area contributed by atoms with E-state index in [1.807, 2.05) is 0 Å². The van der Waals surface area contributed by atoms with E-state index in [1.54, 1.807) is 0 Å². The molecule has 1 N–H and O–H groups in total. The van der Waals surface area contributed by atoms with Crippen LogP contribution in [0.3, 0.4) is 0 Å². The van der Waals surface area contributed by atoms with Crippen molar-refractivity contribution in [1.82, 2.24) is 0 Å². The molecular formula is C7H11NO2. The van der Waals surface area contributed by atoms with Gasteiger partial charge in [0.2, 0.25) is 0 Å². The van der Waals surface area contributed by atoms with Crippen molar-refractivity contribution in [3.8, 4) is 6.07 Å². The van der Waals surface area contributed by atoms with Crippen molar-refractivity contribution in [2.75, 3.05) is 13.2 Å². The maximum Gasteiger partial charge on any atom is 0.0812 e. The van der Waals surface area contributed by atoms with Crippen molar-refractivity contribution in [3.63, 3.8) is 0 Å². The summed E-state index contributed by atoms with van der Waals surface area (Å²) in [6.45, 7) is 1.08. The van der Waals surface area contributed by atoms with Crippen LogP contribution < -0.4 is 0 Å². The Morgan fingerprint density at radius 1 is 1.70 bits per heavy atom. The molecule has 1 rings (SSSR count). The summed E-state index contributed by atoms with van der Waals surface area (Å²) in [5, 5.41) is 17.6. The van der Waals surface area contributed by atoms with Gasteiger partial charge < -0.3 is 9.84 Å².